The summed E-state index contributed by atoms with van der Waals surface area (Å²) in [6.07, 6.45) is 1.72. The average molecular weight is 234 g/mol. The van der Waals surface area contributed by atoms with Crippen molar-refractivity contribution in [3.8, 4) is 11.5 Å². The molecule has 0 saturated heterocycles. The Balaban J connectivity index is 1.88. The van der Waals surface area contributed by atoms with Crippen LogP contribution in [0.25, 0.3) is 0 Å². The van der Waals surface area contributed by atoms with E-state index >= 15 is 0 Å². The van der Waals surface area contributed by atoms with E-state index in [9.17, 15) is 4.79 Å². The first-order chi connectivity index (χ1) is 8.22. The van der Waals surface area contributed by atoms with E-state index in [2.05, 4.69) is 5.10 Å². The highest BCUT2D eigenvalue weighted by Crippen LogP contribution is 2.32. The van der Waals surface area contributed by atoms with Gasteiger partial charge in [0.05, 0.1) is 7.05 Å². The van der Waals surface area contributed by atoms with Gasteiger partial charge in [-0.05, 0) is 17.7 Å². The minimum absolute atomic E-state index is 0.134. The molecule has 1 N–H and O–H groups in total. The second-order valence-electron chi connectivity index (χ2n) is 3.96. The molecule has 6 nitrogen and oxygen atoms in total. The molecule has 0 atom stereocenters. The number of nitrogens with one attached hydrogen (secondary N) is 1. The normalized spacial score (nSPS) is 13.0. The van der Waals surface area contributed by atoms with Crippen LogP contribution < -0.4 is 19.8 Å². The SMILES string of the molecule is Cn1c[n+](Cc2ccc3c(c2)OCO3)[nH]c1=O. The number of fused-ring (bicyclic) bond motifs is 1. The van der Waals surface area contributed by atoms with Crippen molar-refractivity contribution in [2.75, 3.05) is 6.79 Å². The van der Waals surface area contributed by atoms with Crippen molar-refractivity contribution in [2.24, 2.45) is 7.05 Å². The quantitative estimate of drug-likeness (QED) is 0.731. The summed E-state index contributed by atoms with van der Waals surface area (Å²) in [5.41, 5.74) is 0.909. The third-order valence-corrected chi connectivity index (χ3v) is 2.66. The van der Waals surface area contributed by atoms with Crippen LogP contribution in [0, 0.1) is 0 Å². The van der Waals surface area contributed by atoms with Gasteiger partial charge in [-0.3, -0.25) is 0 Å². The van der Waals surface area contributed by atoms with E-state index in [0.717, 1.165) is 17.1 Å². The molecule has 6 heteroatoms. The maximum atomic E-state index is 11.3. The molecule has 0 saturated carbocycles. The van der Waals surface area contributed by atoms with Crippen molar-refractivity contribution in [2.45, 2.75) is 6.54 Å². The van der Waals surface area contributed by atoms with Gasteiger partial charge in [-0.2, -0.15) is 14.3 Å². The van der Waals surface area contributed by atoms with E-state index in [1.807, 2.05) is 18.2 Å². The van der Waals surface area contributed by atoms with Crippen LogP contribution in [0.15, 0.2) is 29.3 Å². The van der Waals surface area contributed by atoms with E-state index < -0.39 is 0 Å². The smallest absolute Gasteiger partial charge is 0.443 e. The lowest BCUT2D eigenvalue weighted by Crippen LogP contribution is -2.37. The summed E-state index contributed by atoms with van der Waals surface area (Å²) in [7, 11) is 1.70. The maximum Gasteiger partial charge on any atom is 0.443 e. The van der Waals surface area contributed by atoms with Crippen LogP contribution >= 0.6 is 0 Å². The largest absolute Gasteiger partial charge is 0.454 e. The Bertz CT molecular complexity index is 615. The van der Waals surface area contributed by atoms with Gasteiger partial charge in [-0.25, -0.2) is 4.79 Å². The molecule has 3 rings (SSSR count). The summed E-state index contributed by atoms with van der Waals surface area (Å²) in [6.45, 7) is 0.862. The molecule has 0 spiro atoms. The van der Waals surface area contributed by atoms with E-state index in [1.54, 1.807) is 18.1 Å². The zero-order chi connectivity index (χ0) is 11.8. The highest BCUT2D eigenvalue weighted by atomic mass is 16.7. The zero-order valence-corrected chi connectivity index (χ0v) is 9.34. The number of hydrogen-bond acceptors (Lipinski definition) is 3. The number of aryl methyl sites for hydroxylation is 1. The first-order valence-electron chi connectivity index (χ1n) is 5.26. The molecule has 1 aliphatic heterocycles. The first kappa shape index (κ1) is 9.95. The second-order valence-corrected chi connectivity index (χ2v) is 3.96. The minimum atomic E-state index is -0.134. The van der Waals surface area contributed by atoms with E-state index in [-0.39, 0.29) is 12.5 Å². The number of rotatable bonds is 2. The van der Waals surface area contributed by atoms with Crippen molar-refractivity contribution < 1.29 is 14.2 Å². The number of benzene rings is 1. The fraction of sp³-hybridized carbons (Fsp3) is 0.273. The third kappa shape index (κ3) is 1.77. The predicted octanol–water partition coefficient (Wildman–Crippen LogP) is -0.222. The molecular formula is C11H12N3O3+. The van der Waals surface area contributed by atoms with E-state index in [4.69, 9.17) is 9.47 Å². The monoisotopic (exact) mass is 234 g/mol. The average Bonchev–Trinajstić information content (AvgIpc) is 2.86. The summed E-state index contributed by atoms with van der Waals surface area (Å²) in [6, 6.07) is 5.74. The molecule has 88 valence electrons. The summed E-state index contributed by atoms with van der Waals surface area (Å²) < 4.78 is 13.7. The fourth-order valence-electron chi connectivity index (χ4n) is 1.81. The van der Waals surface area contributed by atoms with Crippen LogP contribution in [0.5, 0.6) is 11.5 Å². The number of ether oxygens (including phenoxy) is 2. The Morgan fingerprint density at radius 3 is 3.00 bits per heavy atom. The predicted molar refractivity (Wildman–Crippen MR) is 57.9 cm³/mol. The van der Waals surface area contributed by atoms with Crippen molar-refractivity contribution in [1.82, 2.24) is 9.67 Å². The number of aromatic nitrogens is 3. The van der Waals surface area contributed by atoms with E-state index in [0.29, 0.717) is 6.54 Å². The molecule has 0 bridgehead atoms. The molecule has 17 heavy (non-hydrogen) atoms. The molecule has 0 aliphatic carbocycles. The molecule has 2 aromatic rings. The van der Waals surface area contributed by atoms with Gasteiger partial charge in [0.25, 0.3) is 6.33 Å². The lowest BCUT2D eigenvalue weighted by molar-refractivity contribution is -0.744. The van der Waals surface area contributed by atoms with Crippen molar-refractivity contribution >= 4 is 0 Å². The Morgan fingerprint density at radius 1 is 1.41 bits per heavy atom. The molecule has 1 aliphatic rings. The number of hydrogen-bond donors (Lipinski definition) is 1. The van der Waals surface area contributed by atoms with Crippen LogP contribution in [-0.2, 0) is 13.6 Å². The zero-order valence-electron chi connectivity index (χ0n) is 9.34. The molecule has 2 heterocycles. The Labute approximate surface area is 97.0 Å². The maximum absolute atomic E-state index is 11.3. The fourth-order valence-corrected chi connectivity index (χ4v) is 1.81. The van der Waals surface area contributed by atoms with Gasteiger partial charge in [0, 0.05) is 0 Å². The number of H-pyrrole nitrogens is 1. The highest BCUT2D eigenvalue weighted by Gasteiger charge is 2.14. The first-order valence-corrected chi connectivity index (χ1v) is 5.26. The number of aromatic amines is 1. The van der Waals surface area contributed by atoms with Crippen LogP contribution in [-0.4, -0.2) is 16.5 Å². The van der Waals surface area contributed by atoms with Crippen LogP contribution in [0.1, 0.15) is 5.56 Å². The minimum Gasteiger partial charge on any atom is -0.454 e. The molecule has 0 amide bonds. The third-order valence-electron chi connectivity index (χ3n) is 2.66. The van der Waals surface area contributed by atoms with Crippen LogP contribution in [0.4, 0.5) is 0 Å². The van der Waals surface area contributed by atoms with Crippen molar-refractivity contribution in [3.05, 3.63) is 40.6 Å². The van der Waals surface area contributed by atoms with Crippen molar-refractivity contribution in [1.29, 1.82) is 0 Å². The van der Waals surface area contributed by atoms with E-state index in [1.165, 1.54) is 4.57 Å². The molecular weight excluding hydrogens is 222 g/mol. The lowest BCUT2D eigenvalue weighted by Gasteiger charge is -1.99. The van der Waals surface area contributed by atoms with Crippen LogP contribution in [0.2, 0.25) is 0 Å². The van der Waals surface area contributed by atoms with Crippen LogP contribution in [0.3, 0.4) is 0 Å². The molecule has 1 aromatic heterocycles. The van der Waals surface area contributed by atoms with Gasteiger partial charge in [0.1, 0.15) is 6.54 Å². The topological polar surface area (TPSA) is 60.1 Å². The molecule has 0 fully saturated rings. The summed E-state index contributed by atoms with van der Waals surface area (Å²) in [5, 5.41) is 2.71. The second kappa shape index (κ2) is 3.65. The van der Waals surface area contributed by atoms with Gasteiger partial charge in [-0.1, -0.05) is 6.07 Å². The van der Waals surface area contributed by atoms with Gasteiger partial charge >= 0.3 is 5.69 Å². The Kier molecular flexibility index (Phi) is 2.14. The van der Waals surface area contributed by atoms with Gasteiger partial charge < -0.3 is 9.47 Å². The van der Waals surface area contributed by atoms with Gasteiger partial charge in [0.15, 0.2) is 11.5 Å². The molecule has 1 aromatic carbocycles. The standard InChI is InChI=1S/C11H11N3O3/c1-13-6-14(12-11(13)15)5-8-2-3-9-10(4-8)17-7-16-9/h2-4,6H,5,7H2,1H3/p+1. The van der Waals surface area contributed by atoms with Gasteiger partial charge in [0.2, 0.25) is 6.79 Å². The molecule has 0 unspecified atom stereocenters. The van der Waals surface area contributed by atoms with Crippen molar-refractivity contribution in [3.63, 3.8) is 0 Å². The number of nitrogens with zero attached hydrogens (tertiary/aromatic N) is 2. The summed E-state index contributed by atoms with van der Waals surface area (Å²) in [5.74, 6) is 1.52. The lowest BCUT2D eigenvalue weighted by atomic mass is 10.2. The van der Waals surface area contributed by atoms with Gasteiger partial charge in [-0.15, -0.1) is 0 Å². The summed E-state index contributed by atoms with van der Waals surface area (Å²) in [4.78, 5) is 11.3. The molecule has 0 radical (unpaired) electrons. The highest BCUT2D eigenvalue weighted by molar-refractivity contribution is 5.44. The Morgan fingerprint density at radius 2 is 2.24 bits per heavy atom. The summed E-state index contributed by atoms with van der Waals surface area (Å²) >= 11 is 0. The Hall–Kier alpha value is -2.24.